The molecule has 2 rings (SSSR count). The number of nitrogens with zero attached hydrogens (tertiary/aromatic N) is 3. The standard InChI is InChI=1S/C15H16N4O2/c1-10-6-12(9-17-8-10)15(20)19(2)13-5-3-4-11(7-13)14(16)18-21/h3-9,21H,1-2H3,(H2,16,18). The minimum absolute atomic E-state index is 0.00470. The largest absolute Gasteiger partial charge is 0.409 e. The van der Waals surface area contributed by atoms with Crippen LogP contribution in [-0.4, -0.2) is 29.0 Å². The van der Waals surface area contributed by atoms with Crippen molar-refractivity contribution in [1.82, 2.24) is 4.98 Å². The van der Waals surface area contributed by atoms with Crippen LogP contribution in [0.5, 0.6) is 0 Å². The lowest BCUT2D eigenvalue weighted by Crippen LogP contribution is -2.26. The minimum atomic E-state index is -0.178. The number of oxime groups is 1. The molecule has 6 heteroatoms. The van der Waals surface area contributed by atoms with Gasteiger partial charge in [0.15, 0.2) is 5.84 Å². The third-order valence-corrected chi connectivity index (χ3v) is 3.06. The molecule has 1 heterocycles. The van der Waals surface area contributed by atoms with Crippen LogP contribution in [0.1, 0.15) is 21.5 Å². The lowest BCUT2D eigenvalue weighted by atomic mass is 10.1. The van der Waals surface area contributed by atoms with Gasteiger partial charge in [0, 0.05) is 30.7 Å². The highest BCUT2D eigenvalue weighted by molar-refractivity contribution is 6.06. The lowest BCUT2D eigenvalue weighted by Gasteiger charge is -2.18. The molecule has 3 N–H and O–H groups in total. The summed E-state index contributed by atoms with van der Waals surface area (Å²) in [5.74, 6) is -0.183. The molecule has 0 aliphatic heterocycles. The molecule has 0 bridgehead atoms. The number of anilines is 1. The molecule has 0 saturated carbocycles. The van der Waals surface area contributed by atoms with Crippen molar-refractivity contribution in [2.75, 3.05) is 11.9 Å². The molecular weight excluding hydrogens is 268 g/mol. The Morgan fingerprint density at radius 2 is 2.05 bits per heavy atom. The van der Waals surface area contributed by atoms with Crippen LogP contribution in [-0.2, 0) is 0 Å². The molecule has 21 heavy (non-hydrogen) atoms. The molecule has 0 unspecified atom stereocenters. The molecule has 1 aromatic heterocycles. The fraction of sp³-hybridized carbons (Fsp3) is 0.133. The van der Waals surface area contributed by atoms with Crippen molar-refractivity contribution in [2.24, 2.45) is 10.9 Å². The molecule has 0 spiro atoms. The van der Waals surface area contributed by atoms with Gasteiger partial charge in [0.25, 0.3) is 5.91 Å². The van der Waals surface area contributed by atoms with Crippen molar-refractivity contribution in [2.45, 2.75) is 6.92 Å². The number of carbonyl (C=O) groups excluding carboxylic acids is 1. The molecular formula is C15H16N4O2. The Bertz CT molecular complexity index is 698. The average Bonchev–Trinajstić information content (AvgIpc) is 2.52. The molecule has 0 aliphatic carbocycles. The Kier molecular flexibility index (Phi) is 4.18. The van der Waals surface area contributed by atoms with Gasteiger partial charge < -0.3 is 15.8 Å². The van der Waals surface area contributed by atoms with Gasteiger partial charge in [-0.05, 0) is 30.7 Å². The Morgan fingerprint density at radius 1 is 1.29 bits per heavy atom. The van der Waals surface area contributed by atoms with Crippen molar-refractivity contribution < 1.29 is 10.0 Å². The van der Waals surface area contributed by atoms with Crippen molar-refractivity contribution in [3.63, 3.8) is 0 Å². The number of amides is 1. The summed E-state index contributed by atoms with van der Waals surface area (Å²) in [6.07, 6.45) is 3.22. The van der Waals surface area contributed by atoms with Crippen LogP contribution in [0.4, 0.5) is 5.69 Å². The molecule has 1 amide bonds. The first-order chi connectivity index (χ1) is 10.0. The topological polar surface area (TPSA) is 91.8 Å². The maximum absolute atomic E-state index is 12.4. The summed E-state index contributed by atoms with van der Waals surface area (Å²) in [5, 5.41) is 11.7. The Hall–Kier alpha value is -2.89. The fourth-order valence-corrected chi connectivity index (χ4v) is 1.91. The van der Waals surface area contributed by atoms with E-state index in [1.807, 2.05) is 6.92 Å². The molecule has 0 fully saturated rings. The quantitative estimate of drug-likeness (QED) is 0.389. The van der Waals surface area contributed by atoms with Gasteiger partial charge in [0.05, 0.1) is 5.56 Å². The average molecular weight is 284 g/mol. The van der Waals surface area contributed by atoms with Crippen LogP contribution in [0.15, 0.2) is 47.9 Å². The molecule has 1 aromatic carbocycles. The predicted octanol–water partition coefficient (Wildman–Crippen LogP) is 1.76. The fourth-order valence-electron chi connectivity index (χ4n) is 1.91. The number of rotatable bonds is 3. The number of aryl methyl sites for hydroxylation is 1. The van der Waals surface area contributed by atoms with Crippen LogP contribution in [0.3, 0.4) is 0 Å². The minimum Gasteiger partial charge on any atom is -0.409 e. The summed E-state index contributed by atoms with van der Waals surface area (Å²) >= 11 is 0. The number of amidine groups is 1. The van der Waals surface area contributed by atoms with E-state index in [2.05, 4.69) is 10.1 Å². The van der Waals surface area contributed by atoms with E-state index < -0.39 is 0 Å². The molecule has 6 nitrogen and oxygen atoms in total. The maximum atomic E-state index is 12.4. The normalized spacial score (nSPS) is 11.2. The molecule has 0 saturated heterocycles. The van der Waals surface area contributed by atoms with Gasteiger partial charge in [0.1, 0.15) is 0 Å². The lowest BCUT2D eigenvalue weighted by molar-refractivity contribution is 0.0992. The molecule has 0 aliphatic rings. The van der Waals surface area contributed by atoms with E-state index in [9.17, 15) is 4.79 Å². The monoisotopic (exact) mass is 284 g/mol. The third-order valence-electron chi connectivity index (χ3n) is 3.06. The summed E-state index contributed by atoms with van der Waals surface area (Å²) in [5.41, 5.74) is 8.16. The SMILES string of the molecule is Cc1cncc(C(=O)N(C)c2cccc(C(N)=NO)c2)c1. The highest BCUT2D eigenvalue weighted by Gasteiger charge is 2.14. The number of aromatic nitrogens is 1. The van der Waals surface area contributed by atoms with Gasteiger partial charge in [-0.1, -0.05) is 17.3 Å². The zero-order chi connectivity index (χ0) is 15.4. The maximum Gasteiger partial charge on any atom is 0.259 e. The highest BCUT2D eigenvalue weighted by atomic mass is 16.4. The first kappa shape index (κ1) is 14.5. The van der Waals surface area contributed by atoms with E-state index in [1.54, 1.807) is 43.6 Å². The summed E-state index contributed by atoms with van der Waals surface area (Å²) in [6.45, 7) is 1.88. The highest BCUT2D eigenvalue weighted by Crippen LogP contribution is 2.17. The van der Waals surface area contributed by atoms with Crippen molar-refractivity contribution >= 4 is 17.4 Å². The van der Waals surface area contributed by atoms with Gasteiger partial charge in [-0.25, -0.2) is 0 Å². The number of benzene rings is 1. The number of nitrogens with two attached hydrogens (primary N) is 1. The summed E-state index contributed by atoms with van der Waals surface area (Å²) in [6, 6.07) is 8.66. The first-order valence-electron chi connectivity index (χ1n) is 6.30. The molecule has 0 radical (unpaired) electrons. The van der Waals surface area contributed by atoms with E-state index in [1.165, 1.54) is 11.1 Å². The van der Waals surface area contributed by atoms with Gasteiger partial charge >= 0.3 is 0 Å². The van der Waals surface area contributed by atoms with Gasteiger partial charge in [-0.2, -0.15) is 0 Å². The zero-order valence-corrected chi connectivity index (χ0v) is 11.8. The summed E-state index contributed by atoms with van der Waals surface area (Å²) in [7, 11) is 1.66. The summed E-state index contributed by atoms with van der Waals surface area (Å²) < 4.78 is 0. The van der Waals surface area contributed by atoms with Crippen molar-refractivity contribution in [1.29, 1.82) is 0 Å². The smallest absolute Gasteiger partial charge is 0.259 e. The molecule has 2 aromatic rings. The van der Waals surface area contributed by atoms with Crippen LogP contribution < -0.4 is 10.6 Å². The number of hydrogen-bond donors (Lipinski definition) is 2. The van der Waals surface area contributed by atoms with Gasteiger partial charge in [-0.15, -0.1) is 0 Å². The van der Waals surface area contributed by atoms with Gasteiger partial charge in [0.2, 0.25) is 0 Å². The second kappa shape index (κ2) is 6.04. The number of carbonyl (C=O) groups is 1. The van der Waals surface area contributed by atoms with Gasteiger partial charge in [-0.3, -0.25) is 9.78 Å². The Balaban J connectivity index is 2.31. The second-order valence-corrected chi connectivity index (χ2v) is 4.65. The van der Waals surface area contributed by atoms with Crippen LogP contribution >= 0.6 is 0 Å². The number of hydrogen-bond acceptors (Lipinski definition) is 4. The Labute approximate surface area is 122 Å². The third kappa shape index (κ3) is 3.17. The van der Waals surface area contributed by atoms with Crippen molar-refractivity contribution in [3.8, 4) is 0 Å². The van der Waals surface area contributed by atoms with Crippen LogP contribution in [0, 0.1) is 6.92 Å². The molecule has 0 atom stereocenters. The summed E-state index contributed by atoms with van der Waals surface area (Å²) in [4.78, 5) is 17.9. The van der Waals surface area contributed by atoms with E-state index >= 15 is 0 Å². The Morgan fingerprint density at radius 3 is 2.71 bits per heavy atom. The van der Waals surface area contributed by atoms with E-state index in [-0.39, 0.29) is 11.7 Å². The predicted molar refractivity (Wildman–Crippen MR) is 80.7 cm³/mol. The molecule has 108 valence electrons. The van der Waals surface area contributed by atoms with Crippen molar-refractivity contribution in [3.05, 3.63) is 59.4 Å². The van der Waals surface area contributed by atoms with Crippen LogP contribution in [0.2, 0.25) is 0 Å². The van der Waals surface area contributed by atoms with E-state index in [0.717, 1.165) is 5.56 Å². The van der Waals surface area contributed by atoms with Crippen LogP contribution in [0.25, 0.3) is 0 Å². The second-order valence-electron chi connectivity index (χ2n) is 4.65. The first-order valence-corrected chi connectivity index (χ1v) is 6.30. The van der Waals surface area contributed by atoms with E-state index in [0.29, 0.717) is 16.8 Å². The number of pyridine rings is 1. The zero-order valence-electron chi connectivity index (χ0n) is 11.8. The van der Waals surface area contributed by atoms with E-state index in [4.69, 9.17) is 10.9 Å².